The highest BCUT2D eigenvalue weighted by Crippen LogP contribution is 2.35. The van der Waals surface area contributed by atoms with Crippen molar-refractivity contribution >= 4 is 0 Å². The van der Waals surface area contributed by atoms with Crippen molar-refractivity contribution < 1.29 is 14.6 Å². The van der Waals surface area contributed by atoms with Crippen molar-refractivity contribution in [3.05, 3.63) is 29.8 Å². The van der Waals surface area contributed by atoms with Crippen molar-refractivity contribution in [2.75, 3.05) is 26.4 Å². The zero-order chi connectivity index (χ0) is 16.6. The topological polar surface area (TPSA) is 38.7 Å². The third-order valence-electron chi connectivity index (χ3n) is 3.35. The molecule has 22 heavy (non-hydrogen) atoms. The molecule has 0 bridgehead atoms. The second-order valence-electron chi connectivity index (χ2n) is 7.91. The summed E-state index contributed by atoms with van der Waals surface area (Å²) in [5.41, 5.74) is 1.98. The van der Waals surface area contributed by atoms with Crippen molar-refractivity contribution in [2.45, 2.75) is 47.5 Å². The smallest absolute Gasteiger partial charge is 0.119 e. The van der Waals surface area contributed by atoms with E-state index >= 15 is 0 Å². The van der Waals surface area contributed by atoms with E-state index in [0.717, 1.165) is 12.2 Å². The molecule has 1 N–H and O–H groups in total. The lowest BCUT2D eigenvalue weighted by molar-refractivity contribution is 0.0705. The molecule has 1 rings (SSSR count). The van der Waals surface area contributed by atoms with Gasteiger partial charge in [-0.05, 0) is 41.4 Å². The van der Waals surface area contributed by atoms with Crippen molar-refractivity contribution in [1.29, 1.82) is 0 Å². The number of benzene rings is 1. The van der Waals surface area contributed by atoms with E-state index in [0.29, 0.717) is 30.7 Å². The van der Waals surface area contributed by atoms with Gasteiger partial charge in [0, 0.05) is 0 Å². The van der Waals surface area contributed by atoms with Crippen LogP contribution in [-0.4, -0.2) is 31.5 Å². The highest BCUT2D eigenvalue weighted by atomic mass is 16.5. The Balaban J connectivity index is 2.44. The molecule has 0 heterocycles. The molecule has 0 aliphatic heterocycles. The fourth-order valence-corrected chi connectivity index (χ4v) is 3.14. The average molecular weight is 308 g/mol. The number of aliphatic hydroxyl groups excluding tert-OH is 1. The van der Waals surface area contributed by atoms with Gasteiger partial charge in [0.15, 0.2) is 0 Å². The van der Waals surface area contributed by atoms with E-state index in [1.807, 2.05) is 12.1 Å². The van der Waals surface area contributed by atoms with Gasteiger partial charge < -0.3 is 14.6 Å². The lowest BCUT2D eigenvalue weighted by Crippen LogP contribution is -2.23. The highest BCUT2D eigenvalue weighted by molar-refractivity contribution is 5.27. The summed E-state index contributed by atoms with van der Waals surface area (Å²) in [6, 6.07) is 8.34. The molecule has 0 fully saturated rings. The van der Waals surface area contributed by atoms with Gasteiger partial charge in [0.1, 0.15) is 12.4 Å². The first-order valence-corrected chi connectivity index (χ1v) is 8.12. The summed E-state index contributed by atoms with van der Waals surface area (Å²) < 4.78 is 10.8. The lowest BCUT2D eigenvalue weighted by Gasteiger charge is -2.32. The van der Waals surface area contributed by atoms with E-state index in [-0.39, 0.29) is 6.61 Å². The van der Waals surface area contributed by atoms with E-state index in [1.54, 1.807) is 0 Å². The number of aliphatic hydroxyl groups is 1. The SMILES string of the molecule is CC(C)(C)CC(C)(C)Cc1ccc(OCCOCCO)cc1. The predicted octanol–water partition coefficient (Wildman–Crippen LogP) is 4.08. The Labute approximate surface area is 135 Å². The highest BCUT2D eigenvalue weighted by Gasteiger charge is 2.25. The minimum Gasteiger partial charge on any atom is -0.491 e. The van der Waals surface area contributed by atoms with Crippen LogP contribution in [-0.2, 0) is 11.2 Å². The Morgan fingerprint density at radius 1 is 0.909 bits per heavy atom. The van der Waals surface area contributed by atoms with Crippen LogP contribution in [0.4, 0.5) is 0 Å². The van der Waals surface area contributed by atoms with Gasteiger partial charge in [-0.25, -0.2) is 0 Å². The summed E-state index contributed by atoms with van der Waals surface area (Å²) in [5, 5.41) is 8.61. The average Bonchev–Trinajstić information content (AvgIpc) is 2.37. The number of rotatable bonds is 9. The second kappa shape index (κ2) is 8.54. The van der Waals surface area contributed by atoms with Crippen LogP contribution in [0.25, 0.3) is 0 Å². The van der Waals surface area contributed by atoms with Gasteiger partial charge >= 0.3 is 0 Å². The Morgan fingerprint density at radius 2 is 1.55 bits per heavy atom. The number of hydrogen-bond donors (Lipinski definition) is 1. The third-order valence-corrected chi connectivity index (χ3v) is 3.35. The first kappa shape index (κ1) is 19.0. The summed E-state index contributed by atoms with van der Waals surface area (Å²) in [6.45, 7) is 13.0. The third kappa shape index (κ3) is 8.40. The van der Waals surface area contributed by atoms with Gasteiger partial charge in [0.2, 0.25) is 0 Å². The first-order chi connectivity index (χ1) is 10.2. The van der Waals surface area contributed by atoms with E-state index in [9.17, 15) is 0 Å². The predicted molar refractivity (Wildman–Crippen MR) is 91.4 cm³/mol. The maximum atomic E-state index is 8.61. The number of ether oxygens (including phenoxy) is 2. The molecule has 0 spiro atoms. The molecule has 0 amide bonds. The molecule has 0 aliphatic carbocycles. The Kier molecular flexibility index (Phi) is 7.37. The fraction of sp³-hybridized carbons (Fsp3) is 0.684. The number of hydrogen-bond acceptors (Lipinski definition) is 3. The Hall–Kier alpha value is -1.06. The molecular formula is C19H32O3. The maximum Gasteiger partial charge on any atom is 0.119 e. The van der Waals surface area contributed by atoms with Crippen LogP contribution >= 0.6 is 0 Å². The molecule has 0 atom stereocenters. The molecule has 1 aromatic carbocycles. The van der Waals surface area contributed by atoms with Gasteiger partial charge in [0.05, 0.1) is 19.8 Å². The monoisotopic (exact) mass is 308 g/mol. The molecule has 126 valence electrons. The van der Waals surface area contributed by atoms with Crippen molar-refractivity contribution in [3.63, 3.8) is 0 Å². The zero-order valence-corrected chi connectivity index (χ0v) is 14.8. The van der Waals surface area contributed by atoms with E-state index in [2.05, 4.69) is 46.8 Å². The molecule has 0 unspecified atom stereocenters. The van der Waals surface area contributed by atoms with Crippen molar-refractivity contribution in [1.82, 2.24) is 0 Å². The van der Waals surface area contributed by atoms with Crippen LogP contribution in [0.5, 0.6) is 5.75 Å². The molecule has 0 saturated carbocycles. The van der Waals surface area contributed by atoms with Gasteiger partial charge in [-0.3, -0.25) is 0 Å². The summed E-state index contributed by atoms with van der Waals surface area (Å²) in [7, 11) is 0. The van der Waals surface area contributed by atoms with Crippen LogP contribution in [0.15, 0.2) is 24.3 Å². The summed E-state index contributed by atoms with van der Waals surface area (Å²) in [6.07, 6.45) is 2.27. The fourth-order valence-electron chi connectivity index (χ4n) is 3.14. The van der Waals surface area contributed by atoms with Crippen LogP contribution in [0.2, 0.25) is 0 Å². The molecule has 0 saturated heterocycles. The van der Waals surface area contributed by atoms with Crippen LogP contribution in [0.1, 0.15) is 46.6 Å². The maximum absolute atomic E-state index is 8.61. The van der Waals surface area contributed by atoms with Gasteiger partial charge in [-0.2, -0.15) is 0 Å². The molecule has 0 radical (unpaired) electrons. The van der Waals surface area contributed by atoms with Crippen LogP contribution < -0.4 is 4.74 Å². The second-order valence-corrected chi connectivity index (χ2v) is 7.91. The van der Waals surface area contributed by atoms with E-state index in [1.165, 1.54) is 12.0 Å². The molecule has 3 heteroatoms. The first-order valence-electron chi connectivity index (χ1n) is 8.12. The molecule has 0 aromatic heterocycles. The Bertz CT molecular complexity index is 415. The van der Waals surface area contributed by atoms with Crippen molar-refractivity contribution in [2.24, 2.45) is 10.8 Å². The largest absolute Gasteiger partial charge is 0.491 e. The van der Waals surface area contributed by atoms with E-state index < -0.39 is 0 Å². The standard InChI is InChI=1S/C19H32O3/c1-18(2,3)15-19(4,5)14-16-6-8-17(9-7-16)22-13-12-21-11-10-20/h6-9,20H,10-15H2,1-5H3. The molecular weight excluding hydrogens is 276 g/mol. The quantitative estimate of drug-likeness (QED) is 0.699. The van der Waals surface area contributed by atoms with Crippen LogP contribution in [0, 0.1) is 10.8 Å². The van der Waals surface area contributed by atoms with Gasteiger partial charge in [-0.1, -0.05) is 46.8 Å². The van der Waals surface area contributed by atoms with Crippen LogP contribution in [0.3, 0.4) is 0 Å². The minimum absolute atomic E-state index is 0.0546. The zero-order valence-electron chi connectivity index (χ0n) is 14.8. The lowest BCUT2D eigenvalue weighted by atomic mass is 9.73. The summed E-state index contributed by atoms with van der Waals surface area (Å²) in [5.74, 6) is 0.866. The van der Waals surface area contributed by atoms with Crippen molar-refractivity contribution in [3.8, 4) is 5.75 Å². The molecule has 1 aromatic rings. The Morgan fingerprint density at radius 3 is 2.09 bits per heavy atom. The summed E-state index contributed by atoms with van der Waals surface area (Å²) >= 11 is 0. The van der Waals surface area contributed by atoms with E-state index in [4.69, 9.17) is 14.6 Å². The summed E-state index contributed by atoms with van der Waals surface area (Å²) in [4.78, 5) is 0. The minimum atomic E-state index is 0.0546. The normalized spacial score (nSPS) is 12.5. The molecule has 0 aliphatic rings. The van der Waals surface area contributed by atoms with Gasteiger partial charge in [-0.15, -0.1) is 0 Å². The van der Waals surface area contributed by atoms with Gasteiger partial charge in [0.25, 0.3) is 0 Å². The molecule has 3 nitrogen and oxygen atoms in total.